The molecule has 6 aromatic carbocycles. The molecule has 5 nitrogen and oxygen atoms in total. The van der Waals surface area contributed by atoms with E-state index in [9.17, 15) is 0 Å². The Kier molecular flexibility index (Phi) is 5.26. The van der Waals surface area contributed by atoms with Gasteiger partial charge in [-0.15, -0.1) is 0 Å². The normalized spacial score (nSPS) is 18.0. The Labute approximate surface area is 247 Å². The summed E-state index contributed by atoms with van der Waals surface area (Å²) in [5.41, 5.74) is 5.06. The highest BCUT2D eigenvalue weighted by molar-refractivity contribution is 6.21. The van der Waals surface area contributed by atoms with Gasteiger partial charge in [-0.25, -0.2) is 4.99 Å². The van der Waals surface area contributed by atoms with Crippen LogP contribution in [0.15, 0.2) is 142 Å². The van der Waals surface area contributed by atoms with Gasteiger partial charge in [0.2, 0.25) is 0 Å². The van der Waals surface area contributed by atoms with Crippen molar-refractivity contribution >= 4 is 60.9 Å². The molecule has 1 unspecified atom stereocenters. The maximum Gasteiger partial charge on any atom is 0.148 e. The zero-order chi connectivity index (χ0) is 28.3. The zero-order valence-corrected chi connectivity index (χ0v) is 23.2. The highest BCUT2D eigenvalue weighted by atomic mass is 16.3. The molecule has 1 aromatic heterocycles. The SMILES string of the molecule is C1=NCc2oc3ccccc3c2C1=C1NC(c2cc3ccccc3c3ccccc23)=NC(c2ccc3ccccc3c2)N1. The second-order valence-corrected chi connectivity index (χ2v) is 11.1. The van der Waals surface area contributed by atoms with Crippen LogP contribution in [0.3, 0.4) is 0 Å². The summed E-state index contributed by atoms with van der Waals surface area (Å²) in [5.74, 6) is 2.55. The third-order valence-electron chi connectivity index (χ3n) is 8.56. The van der Waals surface area contributed by atoms with Gasteiger partial charge in [0.25, 0.3) is 0 Å². The summed E-state index contributed by atoms with van der Waals surface area (Å²) in [4.78, 5) is 10.0. The smallest absolute Gasteiger partial charge is 0.148 e. The average Bonchev–Trinajstić information content (AvgIpc) is 3.46. The molecule has 43 heavy (non-hydrogen) atoms. The van der Waals surface area contributed by atoms with Crippen LogP contribution in [0.1, 0.15) is 28.6 Å². The molecule has 5 heteroatoms. The van der Waals surface area contributed by atoms with Crippen LogP contribution < -0.4 is 10.6 Å². The highest BCUT2D eigenvalue weighted by Gasteiger charge is 2.28. The first-order valence-electron chi connectivity index (χ1n) is 14.6. The first-order chi connectivity index (χ1) is 21.3. The van der Waals surface area contributed by atoms with E-state index >= 15 is 0 Å². The van der Waals surface area contributed by atoms with Crippen LogP contribution in [0, 0.1) is 0 Å². The topological polar surface area (TPSA) is 61.9 Å². The van der Waals surface area contributed by atoms with Gasteiger partial charge in [-0.1, -0.05) is 103 Å². The van der Waals surface area contributed by atoms with Gasteiger partial charge in [0.15, 0.2) is 0 Å². The van der Waals surface area contributed by atoms with E-state index in [1.165, 1.54) is 26.9 Å². The number of rotatable bonds is 2. The van der Waals surface area contributed by atoms with Crippen LogP contribution in [0.5, 0.6) is 0 Å². The molecular weight excluding hydrogens is 528 g/mol. The fourth-order valence-corrected chi connectivity index (χ4v) is 6.53. The van der Waals surface area contributed by atoms with E-state index in [0.717, 1.165) is 56.0 Å². The minimum Gasteiger partial charge on any atom is -0.458 e. The van der Waals surface area contributed by atoms with Crippen molar-refractivity contribution in [3.05, 3.63) is 150 Å². The molecule has 0 saturated heterocycles. The fraction of sp³-hybridized carbons (Fsp3) is 0.0526. The fourth-order valence-electron chi connectivity index (χ4n) is 6.53. The molecule has 0 aliphatic carbocycles. The molecule has 0 spiro atoms. The van der Waals surface area contributed by atoms with Crippen LogP contribution in [-0.2, 0) is 6.54 Å². The molecule has 2 aliphatic heterocycles. The third kappa shape index (κ3) is 3.86. The maximum atomic E-state index is 6.25. The molecule has 2 N–H and O–H groups in total. The van der Waals surface area contributed by atoms with Crippen molar-refractivity contribution in [1.82, 2.24) is 10.6 Å². The molecule has 9 rings (SSSR count). The number of amidine groups is 1. The Morgan fingerprint density at radius 2 is 1.37 bits per heavy atom. The van der Waals surface area contributed by atoms with Gasteiger partial charge < -0.3 is 15.1 Å². The van der Waals surface area contributed by atoms with Crippen LogP contribution in [-0.4, -0.2) is 12.1 Å². The lowest BCUT2D eigenvalue weighted by atomic mass is 9.95. The van der Waals surface area contributed by atoms with E-state index in [0.29, 0.717) is 6.54 Å². The van der Waals surface area contributed by atoms with E-state index in [1.54, 1.807) is 0 Å². The van der Waals surface area contributed by atoms with E-state index in [1.807, 2.05) is 18.3 Å². The van der Waals surface area contributed by atoms with Crippen LogP contribution in [0.4, 0.5) is 0 Å². The summed E-state index contributed by atoms with van der Waals surface area (Å²) in [6, 6.07) is 42.6. The monoisotopic (exact) mass is 554 g/mol. The summed E-state index contributed by atoms with van der Waals surface area (Å²) in [5, 5.41) is 15.7. The standard InChI is InChI=1S/C38H26N4O/c1-2-10-24-19-26(18-17-23(24)9-1)36-40-37(31-20-25-11-3-4-12-27(25)28-13-5-6-14-29(28)31)42-38(41-36)32-21-39-22-34-35(32)30-15-7-8-16-33(30)43-34/h1-21,36,41H,22H2,(H,40,42). The molecule has 204 valence electrons. The summed E-state index contributed by atoms with van der Waals surface area (Å²) in [6.07, 6.45) is 1.64. The minimum absolute atomic E-state index is 0.314. The lowest BCUT2D eigenvalue weighted by molar-refractivity contribution is 0.549. The van der Waals surface area contributed by atoms with Crippen molar-refractivity contribution in [2.24, 2.45) is 9.98 Å². The quantitative estimate of drug-likeness (QED) is 0.211. The van der Waals surface area contributed by atoms with Crippen molar-refractivity contribution in [2.75, 3.05) is 0 Å². The van der Waals surface area contributed by atoms with E-state index in [4.69, 9.17) is 14.4 Å². The molecule has 0 bridgehead atoms. The van der Waals surface area contributed by atoms with Crippen LogP contribution >= 0.6 is 0 Å². The summed E-state index contributed by atoms with van der Waals surface area (Å²) in [7, 11) is 0. The van der Waals surface area contributed by atoms with Gasteiger partial charge in [-0.05, 0) is 56.1 Å². The van der Waals surface area contributed by atoms with Crippen molar-refractivity contribution in [2.45, 2.75) is 12.7 Å². The van der Waals surface area contributed by atoms with Crippen molar-refractivity contribution in [1.29, 1.82) is 0 Å². The van der Waals surface area contributed by atoms with Gasteiger partial charge >= 0.3 is 0 Å². The molecule has 0 fully saturated rings. The second kappa shape index (κ2) is 9.43. The van der Waals surface area contributed by atoms with Gasteiger partial charge in [0, 0.05) is 28.3 Å². The molecule has 1 atom stereocenters. The van der Waals surface area contributed by atoms with Gasteiger partial charge in [0.05, 0.1) is 6.54 Å². The Morgan fingerprint density at radius 1 is 0.651 bits per heavy atom. The van der Waals surface area contributed by atoms with Crippen LogP contribution in [0.25, 0.3) is 48.9 Å². The molecule has 0 saturated carbocycles. The number of hydrogen-bond acceptors (Lipinski definition) is 5. The lowest BCUT2D eigenvalue weighted by Crippen LogP contribution is -2.41. The zero-order valence-electron chi connectivity index (χ0n) is 23.2. The Bertz CT molecular complexity index is 2340. The predicted octanol–water partition coefficient (Wildman–Crippen LogP) is 8.48. The van der Waals surface area contributed by atoms with Crippen molar-refractivity contribution in [3.63, 3.8) is 0 Å². The summed E-state index contributed by atoms with van der Waals surface area (Å²) >= 11 is 0. The highest BCUT2D eigenvalue weighted by Crippen LogP contribution is 2.37. The first-order valence-corrected chi connectivity index (χ1v) is 14.6. The number of benzene rings is 6. The van der Waals surface area contributed by atoms with Crippen LogP contribution in [0.2, 0.25) is 0 Å². The summed E-state index contributed by atoms with van der Waals surface area (Å²) in [6.45, 7) is 0.519. The number of nitrogens with one attached hydrogen (secondary N) is 2. The number of hydrogen-bond donors (Lipinski definition) is 2. The van der Waals surface area contributed by atoms with Gasteiger partial charge in [-0.3, -0.25) is 4.99 Å². The first kappa shape index (κ1) is 24.0. The van der Waals surface area contributed by atoms with E-state index in [2.05, 4.69) is 120 Å². The number of aliphatic imine (C=N–C) groups is 2. The largest absolute Gasteiger partial charge is 0.458 e. The number of nitrogens with zero attached hydrogens (tertiary/aromatic N) is 2. The van der Waals surface area contributed by atoms with E-state index in [-0.39, 0.29) is 6.17 Å². The van der Waals surface area contributed by atoms with E-state index < -0.39 is 0 Å². The molecule has 0 radical (unpaired) electrons. The summed E-state index contributed by atoms with van der Waals surface area (Å²) < 4.78 is 6.25. The Morgan fingerprint density at radius 3 is 2.26 bits per heavy atom. The van der Waals surface area contributed by atoms with Crippen molar-refractivity contribution in [3.8, 4) is 0 Å². The molecule has 7 aromatic rings. The molecule has 3 heterocycles. The van der Waals surface area contributed by atoms with Gasteiger partial charge in [-0.2, -0.15) is 0 Å². The lowest BCUT2D eigenvalue weighted by Gasteiger charge is -2.30. The molecule has 0 amide bonds. The average molecular weight is 555 g/mol. The number of fused-ring (bicyclic) bond motifs is 7. The third-order valence-corrected chi connectivity index (χ3v) is 8.56. The number of para-hydroxylation sites is 1. The minimum atomic E-state index is -0.314. The maximum absolute atomic E-state index is 6.25. The number of allylic oxidation sites excluding steroid dienone is 1. The predicted molar refractivity (Wildman–Crippen MR) is 176 cm³/mol. The Balaban J connectivity index is 1.29. The van der Waals surface area contributed by atoms with Gasteiger partial charge in [0.1, 0.15) is 29.2 Å². The number of furan rings is 1. The molecule has 2 aliphatic rings. The van der Waals surface area contributed by atoms with Crippen molar-refractivity contribution < 1.29 is 4.42 Å². The second-order valence-electron chi connectivity index (χ2n) is 11.1. The molecular formula is C38H26N4O. The Hall–Kier alpha value is -5.68.